The van der Waals surface area contributed by atoms with Crippen molar-refractivity contribution < 1.29 is 4.79 Å². The molecule has 3 nitrogen and oxygen atoms in total. The van der Waals surface area contributed by atoms with Gasteiger partial charge >= 0.3 is 0 Å². The SMILES string of the molecule is CC#CCNC(=O)C1CC2CCC1N2. The van der Waals surface area contributed by atoms with Gasteiger partial charge in [0.1, 0.15) is 0 Å². The van der Waals surface area contributed by atoms with Crippen molar-refractivity contribution in [3.8, 4) is 11.8 Å². The van der Waals surface area contributed by atoms with Crippen molar-refractivity contribution in [2.75, 3.05) is 6.54 Å². The molecule has 0 saturated carbocycles. The zero-order valence-corrected chi connectivity index (χ0v) is 8.47. The summed E-state index contributed by atoms with van der Waals surface area (Å²) in [4.78, 5) is 11.7. The van der Waals surface area contributed by atoms with Gasteiger partial charge in [-0.25, -0.2) is 0 Å². The highest BCUT2D eigenvalue weighted by molar-refractivity contribution is 5.80. The highest BCUT2D eigenvalue weighted by atomic mass is 16.1. The molecule has 0 aliphatic carbocycles. The van der Waals surface area contributed by atoms with E-state index >= 15 is 0 Å². The minimum atomic E-state index is 0.174. The van der Waals surface area contributed by atoms with Gasteiger partial charge in [-0.3, -0.25) is 4.79 Å². The number of fused-ring (bicyclic) bond motifs is 2. The molecule has 2 rings (SSSR count). The van der Waals surface area contributed by atoms with E-state index in [1.807, 2.05) is 0 Å². The minimum Gasteiger partial charge on any atom is -0.345 e. The fraction of sp³-hybridized carbons (Fsp3) is 0.727. The molecule has 2 saturated heterocycles. The Labute approximate surface area is 84.6 Å². The lowest BCUT2D eigenvalue weighted by molar-refractivity contribution is -0.125. The summed E-state index contributed by atoms with van der Waals surface area (Å²) < 4.78 is 0. The van der Waals surface area contributed by atoms with Gasteiger partial charge in [0, 0.05) is 12.1 Å². The average Bonchev–Trinajstić information content (AvgIpc) is 2.79. The lowest BCUT2D eigenvalue weighted by atomic mass is 9.88. The van der Waals surface area contributed by atoms with E-state index in [2.05, 4.69) is 22.5 Å². The van der Waals surface area contributed by atoms with Crippen LogP contribution < -0.4 is 10.6 Å². The van der Waals surface area contributed by atoms with Crippen LogP contribution >= 0.6 is 0 Å². The molecular formula is C11H16N2O. The van der Waals surface area contributed by atoms with Gasteiger partial charge in [0.05, 0.1) is 12.5 Å². The van der Waals surface area contributed by atoms with Crippen LogP contribution in [-0.4, -0.2) is 24.5 Å². The van der Waals surface area contributed by atoms with Crippen molar-refractivity contribution in [3.63, 3.8) is 0 Å². The maximum Gasteiger partial charge on any atom is 0.225 e. The number of amides is 1. The largest absolute Gasteiger partial charge is 0.345 e. The van der Waals surface area contributed by atoms with E-state index in [0.29, 0.717) is 18.6 Å². The van der Waals surface area contributed by atoms with Gasteiger partial charge in [-0.15, -0.1) is 5.92 Å². The predicted octanol–water partition coefficient (Wildman–Crippen LogP) is 0.266. The van der Waals surface area contributed by atoms with Gasteiger partial charge in [0.2, 0.25) is 5.91 Å². The van der Waals surface area contributed by atoms with Crippen LogP contribution in [0.1, 0.15) is 26.2 Å². The van der Waals surface area contributed by atoms with Crippen LogP contribution in [0.3, 0.4) is 0 Å². The molecule has 2 N–H and O–H groups in total. The van der Waals surface area contributed by atoms with Gasteiger partial charge in [0.15, 0.2) is 0 Å². The molecule has 14 heavy (non-hydrogen) atoms. The molecule has 0 radical (unpaired) electrons. The Morgan fingerprint density at radius 2 is 2.43 bits per heavy atom. The number of rotatable bonds is 2. The second-order valence-corrected chi connectivity index (χ2v) is 4.03. The Balaban J connectivity index is 1.83. The third kappa shape index (κ3) is 1.76. The first-order chi connectivity index (χ1) is 6.81. The molecule has 0 spiro atoms. The fourth-order valence-electron chi connectivity index (χ4n) is 2.46. The summed E-state index contributed by atoms with van der Waals surface area (Å²) in [6.45, 7) is 2.27. The molecule has 0 aromatic rings. The molecule has 2 aliphatic heterocycles. The summed E-state index contributed by atoms with van der Waals surface area (Å²) in [7, 11) is 0. The molecule has 2 bridgehead atoms. The first kappa shape index (κ1) is 9.54. The minimum absolute atomic E-state index is 0.174. The fourth-order valence-corrected chi connectivity index (χ4v) is 2.46. The first-order valence-corrected chi connectivity index (χ1v) is 5.24. The monoisotopic (exact) mass is 192 g/mol. The second kappa shape index (κ2) is 4.02. The quantitative estimate of drug-likeness (QED) is 0.616. The standard InChI is InChI=1S/C11H16N2O/c1-2-3-6-12-11(14)9-7-8-4-5-10(9)13-8/h8-10,13H,4-7H2,1H3,(H,12,14). The number of carbonyl (C=O) groups excluding carboxylic acids is 1. The van der Waals surface area contributed by atoms with Crippen LogP contribution in [0.25, 0.3) is 0 Å². The third-order valence-corrected chi connectivity index (χ3v) is 3.16. The summed E-state index contributed by atoms with van der Waals surface area (Å²) in [6, 6.07) is 1.02. The van der Waals surface area contributed by atoms with Gasteiger partial charge in [-0.1, -0.05) is 5.92 Å². The number of nitrogens with one attached hydrogen (secondary N) is 2. The Hall–Kier alpha value is -1.01. The van der Waals surface area contributed by atoms with E-state index in [0.717, 1.165) is 12.8 Å². The van der Waals surface area contributed by atoms with Crippen LogP contribution in [-0.2, 0) is 4.79 Å². The molecule has 1 amide bonds. The van der Waals surface area contributed by atoms with Crippen molar-refractivity contribution in [1.29, 1.82) is 0 Å². The summed E-state index contributed by atoms with van der Waals surface area (Å²) in [6.07, 6.45) is 3.40. The molecule has 3 unspecified atom stereocenters. The van der Waals surface area contributed by atoms with Crippen LogP contribution in [0.15, 0.2) is 0 Å². The lowest BCUT2D eigenvalue weighted by Gasteiger charge is -2.18. The third-order valence-electron chi connectivity index (χ3n) is 3.16. The summed E-state index contributed by atoms with van der Waals surface area (Å²) in [5.74, 6) is 5.97. The van der Waals surface area contributed by atoms with Gasteiger partial charge in [-0.05, 0) is 26.2 Å². The van der Waals surface area contributed by atoms with E-state index < -0.39 is 0 Å². The molecule has 2 fully saturated rings. The zero-order valence-electron chi connectivity index (χ0n) is 8.47. The summed E-state index contributed by atoms with van der Waals surface area (Å²) in [5.41, 5.74) is 0. The molecule has 2 heterocycles. The van der Waals surface area contributed by atoms with E-state index in [-0.39, 0.29) is 11.8 Å². The Kier molecular flexibility index (Phi) is 2.74. The number of carbonyl (C=O) groups is 1. The number of hydrogen-bond donors (Lipinski definition) is 2. The molecular weight excluding hydrogens is 176 g/mol. The van der Waals surface area contributed by atoms with E-state index in [1.54, 1.807) is 6.92 Å². The highest BCUT2D eigenvalue weighted by Crippen LogP contribution is 2.33. The Morgan fingerprint density at radius 3 is 3.00 bits per heavy atom. The molecule has 3 atom stereocenters. The second-order valence-electron chi connectivity index (χ2n) is 4.03. The Bertz CT molecular complexity index is 289. The molecule has 2 aliphatic rings. The zero-order chi connectivity index (χ0) is 9.97. The molecule has 3 heteroatoms. The molecule has 0 aromatic carbocycles. The van der Waals surface area contributed by atoms with E-state index in [9.17, 15) is 4.79 Å². The van der Waals surface area contributed by atoms with Crippen molar-refractivity contribution >= 4 is 5.91 Å². The average molecular weight is 192 g/mol. The maximum atomic E-state index is 11.7. The van der Waals surface area contributed by atoms with Crippen LogP contribution in [0, 0.1) is 17.8 Å². The topological polar surface area (TPSA) is 41.1 Å². The summed E-state index contributed by atoms with van der Waals surface area (Å²) in [5, 5.41) is 6.31. The highest BCUT2D eigenvalue weighted by Gasteiger charge is 2.42. The van der Waals surface area contributed by atoms with E-state index in [4.69, 9.17) is 0 Å². The maximum absolute atomic E-state index is 11.7. The van der Waals surface area contributed by atoms with Crippen molar-refractivity contribution in [2.24, 2.45) is 5.92 Å². The van der Waals surface area contributed by atoms with Crippen LogP contribution in [0.2, 0.25) is 0 Å². The van der Waals surface area contributed by atoms with Crippen molar-refractivity contribution in [2.45, 2.75) is 38.3 Å². The predicted molar refractivity (Wildman–Crippen MR) is 54.5 cm³/mol. The molecule has 76 valence electrons. The smallest absolute Gasteiger partial charge is 0.225 e. The van der Waals surface area contributed by atoms with Gasteiger partial charge in [0.25, 0.3) is 0 Å². The lowest BCUT2D eigenvalue weighted by Crippen LogP contribution is -2.37. The van der Waals surface area contributed by atoms with Gasteiger partial charge in [-0.2, -0.15) is 0 Å². The van der Waals surface area contributed by atoms with Crippen molar-refractivity contribution in [1.82, 2.24) is 10.6 Å². The van der Waals surface area contributed by atoms with Crippen LogP contribution in [0.5, 0.6) is 0 Å². The Morgan fingerprint density at radius 1 is 1.57 bits per heavy atom. The molecule has 0 aromatic heterocycles. The van der Waals surface area contributed by atoms with Crippen molar-refractivity contribution in [3.05, 3.63) is 0 Å². The van der Waals surface area contributed by atoms with E-state index in [1.165, 1.54) is 6.42 Å². The van der Waals surface area contributed by atoms with Crippen LogP contribution in [0.4, 0.5) is 0 Å². The summed E-state index contributed by atoms with van der Waals surface area (Å²) >= 11 is 0. The normalized spacial score (nSPS) is 33.6. The first-order valence-electron chi connectivity index (χ1n) is 5.24. The van der Waals surface area contributed by atoms with Gasteiger partial charge < -0.3 is 10.6 Å². The number of hydrogen-bond acceptors (Lipinski definition) is 2.